The molecule has 8 nitrogen and oxygen atoms in total. The van der Waals surface area contributed by atoms with Crippen LogP contribution in [0.1, 0.15) is 16.9 Å². The van der Waals surface area contributed by atoms with E-state index in [1.54, 1.807) is 0 Å². The second kappa shape index (κ2) is 5.62. The van der Waals surface area contributed by atoms with Crippen LogP contribution in [0.25, 0.3) is 0 Å². The largest absolute Gasteiger partial charge is 0.505 e. The molecule has 1 heterocycles. The van der Waals surface area contributed by atoms with Crippen molar-refractivity contribution in [1.82, 2.24) is 10.3 Å². The van der Waals surface area contributed by atoms with Crippen molar-refractivity contribution in [3.63, 3.8) is 0 Å². The first-order valence-corrected chi connectivity index (χ1v) is 4.81. The summed E-state index contributed by atoms with van der Waals surface area (Å²) >= 11 is 0. The molecule has 0 radical (unpaired) electrons. The number of carbonyl (C=O) groups excluding carboxylic acids is 1. The molecule has 96 valence electrons. The van der Waals surface area contributed by atoms with Gasteiger partial charge in [-0.15, -0.1) is 0 Å². The number of hydrogen-bond donors (Lipinski definition) is 4. The molecule has 1 aromatic rings. The monoisotopic (exact) mass is 254 g/mol. The zero-order chi connectivity index (χ0) is 13.7. The van der Waals surface area contributed by atoms with Crippen LogP contribution in [0.5, 0.6) is 5.75 Å². The summed E-state index contributed by atoms with van der Waals surface area (Å²) in [4.78, 5) is 36.3. The van der Waals surface area contributed by atoms with Gasteiger partial charge in [0, 0.05) is 6.20 Å². The van der Waals surface area contributed by atoms with Crippen LogP contribution in [-0.2, 0) is 9.59 Å². The minimum absolute atomic E-state index is 0.367. The summed E-state index contributed by atoms with van der Waals surface area (Å²) in [6.07, 6.45) is 0.469. The Kier molecular flexibility index (Phi) is 4.19. The number of nitrogens with one attached hydrogen (secondary N) is 1. The highest BCUT2D eigenvalue weighted by molar-refractivity contribution is 5.97. The van der Waals surface area contributed by atoms with Gasteiger partial charge in [0.2, 0.25) is 0 Å². The zero-order valence-corrected chi connectivity index (χ0v) is 9.03. The van der Waals surface area contributed by atoms with Crippen LogP contribution in [0.4, 0.5) is 0 Å². The van der Waals surface area contributed by atoms with Crippen LogP contribution in [0, 0.1) is 0 Å². The normalized spacial score (nSPS) is 11.6. The summed E-state index contributed by atoms with van der Waals surface area (Å²) in [5.41, 5.74) is -0.367. The number of carboxylic acid groups (broad SMARTS) is 2. The van der Waals surface area contributed by atoms with E-state index in [2.05, 4.69) is 4.98 Å². The van der Waals surface area contributed by atoms with Crippen LogP contribution in [0.2, 0.25) is 0 Å². The number of aromatic hydroxyl groups is 1. The Morgan fingerprint density at radius 1 is 1.33 bits per heavy atom. The van der Waals surface area contributed by atoms with E-state index in [4.69, 9.17) is 10.2 Å². The van der Waals surface area contributed by atoms with Crippen molar-refractivity contribution in [1.29, 1.82) is 0 Å². The molecule has 8 heteroatoms. The van der Waals surface area contributed by atoms with Crippen LogP contribution in [0.15, 0.2) is 18.3 Å². The summed E-state index contributed by atoms with van der Waals surface area (Å²) in [6, 6.07) is 1.00. The number of hydrogen-bond acceptors (Lipinski definition) is 5. The Bertz CT molecular complexity index is 487. The quantitative estimate of drug-likeness (QED) is 0.553. The molecule has 0 saturated carbocycles. The van der Waals surface area contributed by atoms with Crippen molar-refractivity contribution in [2.75, 3.05) is 0 Å². The van der Waals surface area contributed by atoms with Crippen molar-refractivity contribution >= 4 is 17.8 Å². The lowest BCUT2D eigenvalue weighted by Crippen LogP contribution is -2.42. The number of pyridine rings is 1. The number of nitrogens with zero attached hydrogens (tertiary/aromatic N) is 1. The fourth-order valence-corrected chi connectivity index (χ4v) is 1.17. The van der Waals surface area contributed by atoms with Gasteiger partial charge in [-0.05, 0) is 12.1 Å². The lowest BCUT2D eigenvalue weighted by atomic mass is 10.2. The van der Waals surface area contributed by atoms with Crippen LogP contribution < -0.4 is 5.32 Å². The second-order valence-electron chi connectivity index (χ2n) is 3.33. The molecule has 1 rings (SSSR count). The number of carboxylic acids is 2. The number of amides is 1. The third-order valence-electron chi connectivity index (χ3n) is 1.98. The first-order valence-electron chi connectivity index (χ1n) is 4.81. The van der Waals surface area contributed by atoms with Gasteiger partial charge in [0.25, 0.3) is 5.91 Å². The van der Waals surface area contributed by atoms with Gasteiger partial charge in [0.15, 0.2) is 5.69 Å². The molecule has 0 aliphatic carbocycles. The van der Waals surface area contributed by atoms with Gasteiger partial charge in [-0.1, -0.05) is 0 Å². The SMILES string of the molecule is O=C(O)CC(NC(=O)c1ncccc1O)C(=O)O. The Hall–Kier alpha value is -2.64. The molecule has 0 spiro atoms. The fraction of sp³-hybridized carbons (Fsp3) is 0.200. The summed E-state index contributed by atoms with van der Waals surface area (Å²) in [6.45, 7) is 0. The summed E-state index contributed by atoms with van der Waals surface area (Å²) in [5.74, 6) is -4.23. The van der Waals surface area contributed by atoms with Gasteiger partial charge in [-0.3, -0.25) is 9.59 Å². The zero-order valence-electron chi connectivity index (χ0n) is 9.03. The van der Waals surface area contributed by atoms with E-state index in [9.17, 15) is 19.5 Å². The topological polar surface area (TPSA) is 137 Å². The Morgan fingerprint density at radius 2 is 2.00 bits per heavy atom. The molecule has 0 aromatic carbocycles. The van der Waals surface area contributed by atoms with Gasteiger partial charge >= 0.3 is 11.9 Å². The van der Waals surface area contributed by atoms with Crippen LogP contribution in [-0.4, -0.2) is 44.2 Å². The molecule has 0 saturated heterocycles. The Labute approximate surface area is 101 Å². The Balaban J connectivity index is 2.82. The van der Waals surface area contributed by atoms with Crippen molar-refractivity contribution in [3.05, 3.63) is 24.0 Å². The molecule has 0 aliphatic rings. The van der Waals surface area contributed by atoms with Gasteiger partial charge < -0.3 is 20.6 Å². The maximum absolute atomic E-state index is 11.6. The standard InChI is InChI=1S/C10H10N2O6/c13-6-2-1-3-11-8(6)9(16)12-5(10(17)18)4-7(14)15/h1-3,5,13H,4H2,(H,12,16)(H,14,15)(H,17,18). The van der Waals surface area contributed by atoms with E-state index in [1.807, 2.05) is 5.32 Å². The lowest BCUT2D eigenvalue weighted by Gasteiger charge is -2.12. The lowest BCUT2D eigenvalue weighted by molar-refractivity contribution is -0.145. The second-order valence-corrected chi connectivity index (χ2v) is 3.33. The molecule has 18 heavy (non-hydrogen) atoms. The molecule has 4 N–H and O–H groups in total. The average Bonchev–Trinajstić information content (AvgIpc) is 2.27. The predicted octanol–water partition coefficient (Wildman–Crippen LogP) is -0.555. The number of carbonyl (C=O) groups is 3. The molecular weight excluding hydrogens is 244 g/mol. The van der Waals surface area contributed by atoms with Crippen LogP contribution in [0.3, 0.4) is 0 Å². The molecule has 1 atom stereocenters. The van der Waals surface area contributed by atoms with E-state index >= 15 is 0 Å². The fourth-order valence-electron chi connectivity index (χ4n) is 1.17. The third kappa shape index (κ3) is 3.44. The van der Waals surface area contributed by atoms with E-state index in [0.29, 0.717) is 0 Å². The molecule has 1 aromatic heterocycles. The summed E-state index contributed by atoms with van der Waals surface area (Å²) in [5, 5.41) is 28.5. The van der Waals surface area contributed by atoms with Gasteiger partial charge in [-0.2, -0.15) is 0 Å². The van der Waals surface area contributed by atoms with Gasteiger partial charge in [0.05, 0.1) is 6.42 Å². The smallest absolute Gasteiger partial charge is 0.326 e. The van der Waals surface area contributed by atoms with E-state index in [-0.39, 0.29) is 5.69 Å². The highest BCUT2D eigenvalue weighted by atomic mass is 16.4. The van der Waals surface area contributed by atoms with E-state index in [0.717, 1.165) is 0 Å². The predicted molar refractivity (Wildman–Crippen MR) is 57.0 cm³/mol. The van der Waals surface area contributed by atoms with Crippen molar-refractivity contribution in [2.45, 2.75) is 12.5 Å². The van der Waals surface area contributed by atoms with Gasteiger partial charge in [-0.25, -0.2) is 9.78 Å². The first kappa shape index (κ1) is 13.4. The van der Waals surface area contributed by atoms with E-state index in [1.165, 1.54) is 18.3 Å². The van der Waals surface area contributed by atoms with Crippen LogP contribution >= 0.6 is 0 Å². The van der Waals surface area contributed by atoms with Crippen molar-refractivity contribution in [3.8, 4) is 5.75 Å². The summed E-state index contributed by atoms with van der Waals surface area (Å²) < 4.78 is 0. The molecule has 0 fully saturated rings. The molecule has 1 amide bonds. The van der Waals surface area contributed by atoms with Crippen molar-refractivity contribution in [2.24, 2.45) is 0 Å². The minimum Gasteiger partial charge on any atom is -0.505 e. The average molecular weight is 254 g/mol. The number of aliphatic carboxylic acids is 2. The molecule has 0 aliphatic heterocycles. The number of rotatable bonds is 5. The highest BCUT2D eigenvalue weighted by Crippen LogP contribution is 2.12. The third-order valence-corrected chi connectivity index (χ3v) is 1.98. The highest BCUT2D eigenvalue weighted by Gasteiger charge is 2.25. The maximum atomic E-state index is 11.6. The maximum Gasteiger partial charge on any atom is 0.326 e. The van der Waals surface area contributed by atoms with Gasteiger partial charge in [0.1, 0.15) is 11.8 Å². The first-order chi connectivity index (χ1) is 8.41. The minimum atomic E-state index is -1.59. The molecule has 0 bridgehead atoms. The molecule has 1 unspecified atom stereocenters. The number of aromatic nitrogens is 1. The van der Waals surface area contributed by atoms with Crippen molar-refractivity contribution < 1.29 is 29.7 Å². The molecular formula is C10H10N2O6. The summed E-state index contributed by atoms with van der Waals surface area (Å²) in [7, 11) is 0. The Morgan fingerprint density at radius 3 is 2.50 bits per heavy atom. The van der Waals surface area contributed by atoms with E-state index < -0.39 is 36.1 Å².